The Bertz CT molecular complexity index is 401. The third-order valence-corrected chi connectivity index (χ3v) is 3.00. The summed E-state index contributed by atoms with van der Waals surface area (Å²) in [5, 5.41) is 3.24. The summed E-state index contributed by atoms with van der Waals surface area (Å²) in [6.07, 6.45) is 4.94. The fraction of sp³-hybridized carbons (Fsp3) is 0.615. The number of oxazole rings is 1. The summed E-state index contributed by atoms with van der Waals surface area (Å²) in [6.45, 7) is 6.29. The Balaban J connectivity index is 1.91. The van der Waals surface area contributed by atoms with Crippen molar-refractivity contribution >= 4 is 6.01 Å². The van der Waals surface area contributed by atoms with E-state index in [9.17, 15) is 0 Å². The monoisotopic (exact) mass is 251 g/mol. The quantitative estimate of drug-likeness (QED) is 0.778. The lowest BCUT2D eigenvalue weighted by molar-refractivity contribution is 0.222. The molecule has 0 fully saturated rings. The van der Waals surface area contributed by atoms with Crippen molar-refractivity contribution in [1.29, 1.82) is 0 Å². The van der Waals surface area contributed by atoms with Gasteiger partial charge >= 0.3 is 0 Å². The molecular formula is C13H21N3O2. The molecule has 0 aromatic carbocycles. The van der Waals surface area contributed by atoms with E-state index in [0.29, 0.717) is 0 Å². The second-order valence-electron chi connectivity index (χ2n) is 4.39. The van der Waals surface area contributed by atoms with Crippen molar-refractivity contribution in [2.24, 2.45) is 0 Å². The van der Waals surface area contributed by atoms with Crippen LogP contribution in [0.1, 0.15) is 19.0 Å². The Labute approximate surface area is 108 Å². The first-order valence-corrected chi connectivity index (χ1v) is 6.40. The van der Waals surface area contributed by atoms with Crippen molar-refractivity contribution in [3.63, 3.8) is 0 Å². The maximum Gasteiger partial charge on any atom is 0.297 e. The van der Waals surface area contributed by atoms with Gasteiger partial charge in [-0.3, -0.25) is 0 Å². The number of aromatic nitrogens is 1. The topological polar surface area (TPSA) is 50.5 Å². The molecule has 18 heavy (non-hydrogen) atoms. The van der Waals surface area contributed by atoms with E-state index in [1.165, 1.54) is 5.57 Å². The van der Waals surface area contributed by atoms with Crippen molar-refractivity contribution in [2.75, 3.05) is 38.3 Å². The zero-order valence-electron chi connectivity index (χ0n) is 11.1. The van der Waals surface area contributed by atoms with Crippen LogP contribution in [0.4, 0.5) is 6.01 Å². The Morgan fingerprint density at radius 1 is 1.56 bits per heavy atom. The first kappa shape index (κ1) is 13.1. The van der Waals surface area contributed by atoms with Crippen molar-refractivity contribution in [3.05, 3.63) is 23.6 Å². The van der Waals surface area contributed by atoms with Gasteiger partial charge in [-0.25, -0.2) is 0 Å². The van der Waals surface area contributed by atoms with E-state index >= 15 is 0 Å². The summed E-state index contributed by atoms with van der Waals surface area (Å²) in [7, 11) is 1.73. The standard InChI is InChI=1S/C13H21N3O2/c1-3-14-8-12-10-18-13(15-12)16-6-4-11(5-7-16)9-17-2/h4,10,14H,3,5-9H2,1-2H3. The van der Waals surface area contributed by atoms with Gasteiger partial charge in [0.2, 0.25) is 0 Å². The molecule has 1 aromatic rings. The van der Waals surface area contributed by atoms with Crippen molar-refractivity contribution in [1.82, 2.24) is 10.3 Å². The second-order valence-corrected chi connectivity index (χ2v) is 4.39. The summed E-state index contributed by atoms with van der Waals surface area (Å²) in [6, 6.07) is 0.718. The molecule has 1 aromatic heterocycles. The van der Waals surface area contributed by atoms with E-state index in [-0.39, 0.29) is 0 Å². The highest BCUT2D eigenvalue weighted by Crippen LogP contribution is 2.19. The Morgan fingerprint density at radius 3 is 3.11 bits per heavy atom. The molecule has 0 radical (unpaired) electrons. The summed E-state index contributed by atoms with van der Waals surface area (Å²) >= 11 is 0. The van der Waals surface area contributed by atoms with Crippen LogP contribution in [-0.2, 0) is 11.3 Å². The first-order valence-electron chi connectivity index (χ1n) is 6.40. The van der Waals surface area contributed by atoms with Gasteiger partial charge in [0.05, 0.1) is 12.3 Å². The maximum atomic E-state index is 5.51. The maximum absolute atomic E-state index is 5.51. The summed E-state index contributed by atoms with van der Waals surface area (Å²) in [5.41, 5.74) is 2.31. The lowest BCUT2D eigenvalue weighted by Crippen LogP contribution is -2.29. The summed E-state index contributed by atoms with van der Waals surface area (Å²) in [5.74, 6) is 0. The number of methoxy groups -OCH3 is 1. The SMILES string of the molecule is CCNCc1coc(N2CC=C(COC)CC2)n1. The molecule has 1 aliphatic rings. The van der Waals surface area contributed by atoms with E-state index in [2.05, 4.69) is 28.2 Å². The molecule has 2 rings (SSSR count). The van der Waals surface area contributed by atoms with E-state index in [0.717, 1.165) is 50.9 Å². The third-order valence-electron chi connectivity index (χ3n) is 3.00. The Morgan fingerprint density at radius 2 is 2.44 bits per heavy atom. The molecule has 0 atom stereocenters. The predicted octanol–water partition coefficient (Wildman–Crippen LogP) is 1.57. The molecule has 0 unspecified atom stereocenters. The second kappa shape index (κ2) is 6.56. The number of rotatable bonds is 6. The van der Waals surface area contributed by atoms with Gasteiger partial charge in [-0.05, 0) is 18.5 Å². The van der Waals surface area contributed by atoms with E-state index in [4.69, 9.17) is 9.15 Å². The average molecular weight is 251 g/mol. The van der Waals surface area contributed by atoms with Crippen molar-refractivity contribution in [3.8, 4) is 0 Å². The van der Waals surface area contributed by atoms with Crippen LogP contribution in [0.3, 0.4) is 0 Å². The van der Waals surface area contributed by atoms with Gasteiger partial charge < -0.3 is 19.4 Å². The van der Waals surface area contributed by atoms with Crippen LogP contribution in [0.5, 0.6) is 0 Å². The highest BCUT2D eigenvalue weighted by atomic mass is 16.5. The molecule has 5 nitrogen and oxygen atoms in total. The minimum atomic E-state index is 0.718. The predicted molar refractivity (Wildman–Crippen MR) is 70.7 cm³/mol. The molecule has 0 spiro atoms. The van der Waals surface area contributed by atoms with Crippen LogP contribution in [0.15, 0.2) is 22.3 Å². The fourth-order valence-electron chi connectivity index (χ4n) is 1.98. The molecule has 0 saturated heterocycles. The summed E-state index contributed by atoms with van der Waals surface area (Å²) in [4.78, 5) is 6.63. The van der Waals surface area contributed by atoms with Gasteiger partial charge in [-0.15, -0.1) is 0 Å². The molecular weight excluding hydrogens is 230 g/mol. The molecule has 5 heteroatoms. The van der Waals surface area contributed by atoms with Crippen molar-refractivity contribution < 1.29 is 9.15 Å². The van der Waals surface area contributed by atoms with Gasteiger partial charge in [-0.1, -0.05) is 13.0 Å². The van der Waals surface area contributed by atoms with Crippen LogP contribution >= 0.6 is 0 Å². The number of hydrogen-bond acceptors (Lipinski definition) is 5. The smallest absolute Gasteiger partial charge is 0.297 e. The minimum absolute atomic E-state index is 0.718. The molecule has 0 aliphatic carbocycles. The number of hydrogen-bond donors (Lipinski definition) is 1. The molecule has 1 aliphatic heterocycles. The first-order chi connectivity index (χ1) is 8.83. The normalized spacial score (nSPS) is 15.9. The van der Waals surface area contributed by atoms with Crippen LogP contribution in [0, 0.1) is 0 Å². The number of nitrogens with one attached hydrogen (secondary N) is 1. The van der Waals surface area contributed by atoms with Crippen LogP contribution in [0.2, 0.25) is 0 Å². The highest BCUT2D eigenvalue weighted by Gasteiger charge is 2.16. The van der Waals surface area contributed by atoms with Gasteiger partial charge in [0.15, 0.2) is 0 Å². The van der Waals surface area contributed by atoms with Gasteiger partial charge in [0.1, 0.15) is 6.26 Å². The van der Waals surface area contributed by atoms with Crippen LogP contribution in [0.25, 0.3) is 0 Å². The van der Waals surface area contributed by atoms with Gasteiger partial charge in [0, 0.05) is 26.7 Å². The van der Waals surface area contributed by atoms with Gasteiger partial charge in [0.25, 0.3) is 6.01 Å². The van der Waals surface area contributed by atoms with E-state index in [1.807, 2.05) is 0 Å². The number of ether oxygens (including phenoxy) is 1. The number of anilines is 1. The van der Waals surface area contributed by atoms with Gasteiger partial charge in [-0.2, -0.15) is 4.98 Å². The molecule has 1 N–H and O–H groups in total. The van der Waals surface area contributed by atoms with E-state index in [1.54, 1.807) is 13.4 Å². The van der Waals surface area contributed by atoms with Crippen molar-refractivity contribution in [2.45, 2.75) is 19.9 Å². The molecule has 100 valence electrons. The number of nitrogens with zero attached hydrogens (tertiary/aromatic N) is 2. The Hall–Kier alpha value is -1.33. The average Bonchev–Trinajstić information content (AvgIpc) is 2.86. The molecule has 0 saturated carbocycles. The molecule has 0 amide bonds. The molecule has 2 heterocycles. The lowest BCUT2D eigenvalue weighted by Gasteiger charge is -2.24. The molecule has 0 bridgehead atoms. The fourth-order valence-corrected chi connectivity index (χ4v) is 1.98. The Kier molecular flexibility index (Phi) is 4.78. The highest BCUT2D eigenvalue weighted by molar-refractivity contribution is 5.32. The van der Waals surface area contributed by atoms with E-state index < -0.39 is 0 Å². The largest absolute Gasteiger partial charge is 0.432 e. The van der Waals surface area contributed by atoms with Crippen LogP contribution < -0.4 is 10.2 Å². The van der Waals surface area contributed by atoms with Crippen LogP contribution in [-0.4, -0.2) is 38.3 Å². The lowest BCUT2D eigenvalue weighted by atomic mass is 10.1. The zero-order valence-corrected chi connectivity index (χ0v) is 11.1. The minimum Gasteiger partial charge on any atom is -0.432 e. The third kappa shape index (κ3) is 3.34. The zero-order chi connectivity index (χ0) is 12.8. The summed E-state index contributed by atoms with van der Waals surface area (Å²) < 4.78 is 10.6.